The van der Waals surface area contributed by atoms with Crippen molar-refractivity contribution in [3.05, 3.63) is 34.7 Å². The van der Waals surface area contributed by atoms with E-state index >= 15 is 0 Å². The van der Waals surface area contributed by atoms with Crippen LogP contribution in [0.3, 0.4) is 0 Å². The van der Waals surface area contributed by atoms with E-state index in [9.17, 15) is 9.60 Å². The Hall–Kier alpha value is -2.19. The molecule has 1 heterocycles. The molecule has 18 heavy (non-hydrogen) atoms. The summed E-state index contributed by atoms with van der Waals surface area (Å²) in [4.78, 5) is 0. The monoisotopic (exact) mass is 271 g/mol. The lowest BCUT2D eigenvalue weighted by Crippen LogP contribution is -2.29. The van der Waals surface area contributed by atoms with E-state index in [2.05, 4.69) is 14.9 Å². The SMILES string of the molecule is N=C(c1nonc1N)N(O)c1cccc(Cl)c1F. The Bertz CT molecular complexity index is 602. The molecule has 2 rings (SSSR count). The van der Waals surface area contributed by atoms with Crippen LogP contribution in [0, 0.1) is 11.2 Å². The van der Waals surface area contributed by atoms with Gasteiger partial charge >= 0.3 is 0 Å². The minimum absolute atomic E-state index is 0.189. The van der Waals surface area contributed by atoms with Crippen LogP contribution in [0.5, 0.6) is 0 Å². The third kappa shape index (κ3) is 1.98. The number of benzene rings is 1. The number of nitrogen functional groups attached to an aromatic ring is 1. The maximum atomic E-state index is 13.6. The highest BCUT2D eigenvalue weighted by atomic mass is 35.5. The number of nitrogens with zero attached hydrogens (tertiary/aromatic N) is 3. The molecule has 2 aromatic rings. The number of amidine groups is 1. The minimum atomic E-state index is -0.874. The van der Waals surface area contributed by atoms with Crippen LogP contribution in [-0.2, 0) is 0 Å². The van der Waals surface area contributed by atoms with Crippen molar-refractivity contribution in [1.82, 2.24) is 10.3 Å². The van der Waals surface area contributed by atoms with Crippen molar-refractivity contribution in [2.45, 2.75) is 0 Å². The van der Waals surface area contributed by atoms with Gasteiger partial charge in [-0.2, -0.15) is 0 Å². The third-order valence-electron chi connectivity index (χ3n) is 2.11. The van der Waals surface area contributed by atoms with Gasteiger partial charge in [0.2, 0.25) is 0 Å². The molecule has 0 aliphatic heterocycles. The summed E-state index contributed by atoms with van der Waals surface area (Å²) < 4.78 is 17.9. The number of anilines is 2. The van der Waals surface area contributed by atoms with Crippen LogP contribution < -0.4 is 10.8 Å². The lowest BCUT2D eigenvalue weighted by Gasteiger charge is -2.16. The Balaban J connectivity index is 2.38. The molecule has 0 atom stereocenters. The number of halogens is 2. The molecule has 0 fully saturated rings. The van der Waals surface area contributed by atoms with Crippen LogP contribution in [0.25, 0.3) is 0 Å². The molecule has 1 aromatic carbocycles. The normalized spacial score (nSPS) is 10.4. The first-order chi connectivity index (χ1) is 8.52. The Morgan fingerprint density at radius 2 is 2.22 bits per heavy atom. The van der Waals surface area contributed by atoms with Crippen LogP contribution in [0.4, 0.5) is 15.9 Å². The second-order valence-electron chi connectivity index (χ2n) is 3.23. The van der Waals surface area contributed by atoms with Crippen molar-refractivity contribution in [2.75, 3.05) is 10.8 Å². The molecule has 0 aliphatic carbocycles. The van der Waals surface area contributed by atoms with Crippen molar-refractivity contribution in [1.29, 1.82) is 5.41 Å². The molecule has 94 valence electrons. The molecule has 0 amide bonds. The average molecular weight is 272 g/mol. The lowest BCUT2D eigenvalue weighted by molar-refractivity contribution is 0.299. The molecule has 7 nitrogen and oxygen atoms in total. The number of hydrogen-bond acceptors (Lipinski definition) is 6. The largest absolute Gasteiger partial charge is 0.379 e. The van der Waals surface area contributed by atoms with E-state index in [-0.39, 0.29) is 27.3 Å². The number of aromatic nitrogens is 2. The molecular formula is C9H7ClFN5O2. The van der Waals surface area contributed by atoms with Gasteiger partial charge in [0.05, 0.1) is 5.02 Å². The molecule has 0 saturated carbocycles. The first-order valence-electron chi connectivity index (χ1n) is 4.62. The van der Waals surface area contributed by atoms with E-state index in [0.717, 1.165) is 0 Å². The maximum Gasteiger partial charge on any atom is 0.199 e. The van der Waals surface area contributed by atoms with Gasteiger partial charge in [-0.15, -0.1) is 0 Å². The fourth-order valence-corrected chi connectivity index (χ4v) is 1.41. The van der Waals surface area contributed by atoms with Crippen molar-refractivity contribution < 1.29 is 14.2 Å². The summed E-state index contributed by atoms with van der Waals surface area (Å²) in [7, 11) is 0. The average Bonchev–Trinajstić information content (AvgIpc) is 2.77. The lowest BCUT2D eigenvalue weighted by atomic mass is 10.2. The van der Waals surface area contributed by atoms with Gasteiger partial charge in [0.25, 0.3) is 0 Å². The van der Waals surface area contributed by atoms with Crippen molar-refractivity contribution in [3.63, 3.8) is 0 Å². The van der Waals surface area contributed by atoms with E-state index in [1.807, 2.05) is 0 Å². The van der Waals surface area contributed by atoms with Gasteiger partial charge in [0.15, 0.2) is 23.2 Å². The van der Waals surface area contributed by atoms with Gasteiger partial charge < -0.3 is 5.73 Å². The molecular weight excluding hydrogens is 265 g/mol. The van der Waals surface area contributed by atoms with Crippen LogP contribution in [0.2, 0.25) is 5.02 Å². The summed E-state index contributed by atoms with van der Waals surface area (Å²) in [5.41, 5.74) is 4.84. The summed E-state index contributed by atoms with van der Waals surface area (Å²) in [5.74, 6) is -1.65. The van der Waals surface area contributed by atoms with Crippen LogP contribution in [0.15, 0.2) is 22.8 Å². The molecule has 0 saturated heterocycles. The molecule has 9 heteroatoms. The zero-order valence-electron chi connectivity index (χ0n) is 8.76. The van der Waals surface area contributed by atoms with Gasteiger partial charge in [-0.1, -0.05) is 17.7 Å². The van der Waals surface area contributed by atoms with E-state index in [1.54, 1.807) is 0 Å². The number of nitrogens with one attached hydrogen (secondary N) is 1. The quantitative estimate of drug-likeness (QED) is 0.435. The Labute approximate surface area is 105 Å². The molecule has 0 bridgehead atoms. The van der Waals surface area contributed by atoms with Gasteiger partial charge in [-0.25, -0.2) is 14.1 Å². The van der Waals surface area contributed by atoms with Crippen molar-refractivity contribution in [2.24, 2.45) is 0 Å². The summed E-state index contributed by atoms with van der Waals surface area (Å²) in [5, 5.41) is 24.0. The summed E-state index contributed by atoms with van der Waals surface area (Å²) in [6.45, 7) is 0. The fourth-order valence-electron chi connectivity index (χ4n) is 1.24. The maximum absolute atomic E-state index is 13.6. The number of hydrogen-bond donors (Lipinski definition) is 3. The standard InChI is InChI=1S/C9H7ClFN5O2/c10-4-2-1-3-5(6(4)11)16(17)9(13)7-8(12)15-18-14-7/h1-3,13,17H,(H2,12,15). The smallest absolute Gasteiger partial charge is 0.199 e. The third-order valence-corrected chi connectivity index (χ3v) is 2.40. The van der Waals surface area contributed by atoms with E-state index in [1.165, 1.54) is 18.2 Å². The Morgan fingerprint density at radius 1 is 1.50 bits per heavy atom. The Morgan fingerprint density at radius 3 is 2.83 bits per heavy atom. The highest BCUT2D eigenvalue weighted by molar-refractivity contribution is 6.31. The molecule has 0 radical (unpaired) electrons. The zero-order chi connectivity index (χ0) is 13.3. The van der Waals surface area contributed by atoms with Crippen molar-refractivity contribution in [3.8, 4) is 0 Å². The molecule has 0 unspecified atom stereocenters. The van der Waals surface area contributed by atoms with Gasteiger partial charge in [-0.3, -0.25) is 10.6 Å². The molecule has 0 aliphatic rings. The number of nitrogens with two attached hydrogens (primary N) is 1. The molecule has 0 spiro atoms. The van der Waals surface area contributed by atoms with E-state index < -0.39 is 11.7 Å². The Kier molecular flexibility index (Phi) is 3.13. The predicted molar refractivity (Wildman–Crippen MR) is 61.2 cm³/mol. The molecule has 4 N–H and O–H groups in total. The summed E-state index contributed by atoms with van der Waals surface area (Å²) in [6.07, 6.45) is 0. The second-order valence-corrected chi connectivity index (χ2v) is 3.64. The van der Waals surface area contributed by atoms with E-state index in [0.29, 0.717) is 0 Å². The first-order valence-corrected chi connectivity index (χ1v) is 5.00. The van der Waals surface area contributed by atoms with Crippen LogP contribution in [-0.4, -0.2) is 21.4 Å². The van der Waals surface area contributed by atoms with Crippen LogP contribution >= 0.6 is 11.6 Å². The predicted octanol–water partition coefficient (Wildman–Crippen LogP) is 1.67. The first kappa shape index (κ1) is 12.3. The number of rotatable bonds is 2. The number of hydroxylamine groups is 1. The van der Waals surface area contributed by atoms with Gasteiger partial charge in [0.1, 0.15) is 5.69 Å². The highest BCUT2D eigenvalue weighted by Gasteiger charge is 2.22. The zero-order valence-corrected chi connectivity index (χ0v) is 9.52. The second kappa shape index (κ2) is 4.59. The van der Waals surface area contributed by atoms with Gasteiger partial charge in [0, 0.05) is 0 Å². The topological polar surface area (TPSA) is 112 Å². The van der Waals surface area contributed by atoms with E-state index in [4.69, 9.17) is 22.7 Å². The fraction of sp³-hybridized carbons (Fsp3) is 0. The van der Waals surface area contributed by atoms with Crippen LogP contribution in [0.1, 0.15) is 5.69 Å². The summed E-state index contributed by atoms with van der Waals surface area (Å²) >= 11 is 5.56. The minimum Gasteiger partial charge on any atom is -0.379 e. The summed E-state index contributed by atoms with van der Waals surface area (Å²) in [6, 6.07) is 3.96. The van der Waals surface area contributed by atoms with Gasteiger partial charge in [-0.05, 0) is 22.4 Å². The molecule has 1 aromatic heterocycles. The van der Waals surface area contributed by atoms with Crippen molar-refractivity contribution >= 4 is 28.9 Å². The highest BCUT2D eigenvalue weighted by Crippen LogP contribution is 2.25.